The van der Waals surface area contributed by atoms with Crippen LogP contribution in [0.1, 0.15) is 39.2 Å². The third-order valence-electron chi connectivity index (χ3n) is 5.46. The molecule has 6 nitrogen and oxygen atoms in total. The average molecular weight is 415 g/mol. The van der Waals surface area contributed by atoms with Crippen LogP contribution >= 0.6 is 11.3 Å². The molecule has 1 fully saturated rings. The summed E-state index contributed by atoms with van der Waals surface area (Å²) in [4.78, 5) is 29.1. The molecule has 1 aromatic carbocycles. The second-order valence-corrected chi connectivity index (χ2v) is 8.50. The van der Waals surface area contributed by atoms with Crippen molar-refractivity contribution in [3.05, 3.63) is 45.8 Å². The molecule has 1 aliphatic carbocycles. The third-order valence-corrected chi connectivity index (χ3v) is 6.67. The van der Waals surface area contributed by atoms with E-state index in [4.69, 9.17) is 9.47 Å². The number of aryl methyl sites for hydroxylation is 1. The van der Waals surface area contributed by atoms with E-state index in [-0.39, 0.29) is 18.2 Å². The number of ether oxygens (including phenoxy) is 2. The van der Waals surface area contributed by atoms with Gasteiger partial charge in [-0.2, -0.15) is 0 Å². The van der Waals surface area contributed by atoms with Gasteiger partial charge in [-0.3, -0.25) is 9.59 Å². The van der Waals surface area contributed by atoms with E-state index in [0.717, 1.165) is 42.6 Å². The number of nitrogens with one attached hydrogen (secondary N) is 1. The second kappa shape index (κ2) is 8.97. The summed E-state index contributed by atoms with van der Waals surface area (Å²) in [6, 6.07) is 7.47. The van der Waals surface area contributed by atoms with Crippen LogP contribution in [0.15, 0.2) is 24.3 Å². The third kappa shape index (κ3) is 4.46. The summed E-state index contributed by atoms with van der Waals surface area (Å²) in [6.07, 6.45) is 4.38. The largest absolute Gasteiger partial charge is 0.497 e. The van der Waals surface area contributed by atoms with E-state index in [1.165, 1.54) is 4.88 Å². The normalized spacial score (nSPS) is 16.2. The molecule has 4 rings (SSSR count). The van der Waals surface area contributed by atoms with Crippen molar-refractivity contribution in [2.45, 2.75) is 32.1 Å². The topological polar surface area (TPSA) is 67.9 Å². The highest BCUT2D eigenvalue weighted by atomic mass is 32.1. The lowest BCUT2D eigenvalue weighted by Gasteiger charge is -2.27. The van der Waals surface area contributed by atoms with Crippen molar-refractivity contribution in [2.75, 3.05) is 38.7 Å². The Balaban J connectivity index is 1.54. The standard InChI is InChI=1S/C22H26N2O4S/c1-27-16-8-6-15(7-9-16)14-19(25)23-21-20(17-4-2-3-5-18(17)29-21)22(26)24-10-12-28-13-11-24/h6-9H,2-5,10-14H2,1H3,(H,23,25). The van der Waals surface area contributed by atoms with Gasteiger partial charge in [0.2, 0.25) is 5.91 Å². The molecule has 154 valence electrons. The highest BCUT2D eigenvalue weighted by molar-refractivity contribution is 7.17. The Labute approximate surface area is 174 Å². The summed E-state index contributed by atoms with van der Waals surface area (Å²) in [5, 5.41) is 3.74. The quantitative estimate of drug-likeness (QED) is 0.815. The van der Waals surface area contributed by atoms with Crippen LogP contribution in [0.2, 0.25) is 0 Å². The Morgan fingerprint density at radius 2 is 1.86 bits per heavy atom. The number of rotatable bonds is 5. The molecule has 1 N–H and O–H groups in total. The van der Waals surface area contributed by atoms with E-state index >= 15 is 0 Å². The predicted octanol–water partition coefficient (Wildman–Crippen LogP) is 3.29. The molecule has 7 heteroatoms. The zero-order valence-electron chi connectivity index (χ0n) is 16.7. The molecule has 0 spiro atoms. The molecule has 0 radical (unpaired) electrons. The SMILES string of the molecule is COc1ccc(CC(=O)Nc2sc3c(c2C(=O)N2CCOCC2)CCCC3)cc1. The second-order valence-electron chi connectivity index (χ2n) is 7.39. The molecule has 2 aromatic rings. The first-order valence-corrected chi connectivity index (χ1v) is 10.9. The van der Waals surface area contributed by atoms with E-state index < -0.39 is 0 Å². The molecule has 1 aliphatic heterocycles. The monoisotopic (exact) mass is 414 g/mol. The van der Waals surface area contributed by atoms with Gasteiger partial charge in [-0.05, 0) is 48.9 Å². The van der Waals surface area contributed by atoms with Crippen molar-refractivity contribution in [3.8, 4) is 5.75 Å². The number of carbonyl (C=O) groups is 2. The van der Waals surface area contributed by atoms with Crippen molar-refractivity contribution in [1.82, 2.24) is 4.90 Å². The van der Waals surface area contributed by atoms with Crippen molar-refractivity contribution < 1.29 is 19.1 Å². The summed E-state index contributed by atoms with van der Waals surface area (Å²) >= 11 is 1.57. The number of nitrogens with zero attached hydrogens (tertiary/aromatic N) is 1. The summed E-state index contributed by atoms with van der Waals surface area (Å²) in [5.41, 5.74) is 2.75. The smallest absolute Gasteiger partial charge is 0.257 e. The van der Waals surface area contributed by atoms with Crippen LogP contribution in [0.5, 0.6) is 5.75 Å². The molecule has 0 saturated carbocycles. The summed E-state index contributed by atoms with van der Waals surface area (Å²) in [7, 11) is 1.62. The molecule has 0 unspecified atom stereocenters. The minimum Gasteiger partial charge on any atom is -0.497 e. The van der Waals surface area contributed by atoms with Crippen LogP contribution in [0.3, 0.4) is 0 Å². The fourth-order valence-electron chi connectivity index (χ4n) is 3.90. The van der Waals surface area contributed by atoms with Crippen molar-refractivity contribution >= 4 is 28.2 Å². The number of methoxy groups -OCH3 is 1. The molecule has 0 atom stereocenters. The molecule has 1 saturated heterocycles. The highest BCUT2D eigenvalue weighted by Gasteiger charge is 2.30. The summed E-state index contributed by atoms with van der Waals surface area (Å²) in [5.74, 6) is 0.677. The molecule has 29 heavy (non-hydrogen) atoms. The Kier molecular flexibility index (Phi) is 6.16. The minimum absolute atomic E-state index is 0.0208. The lowest BCUT2D eigenvalue weighted by Crippen LogP contribution is -2.41. The fourth-order valence-corrected chi connectivity index (χ4v) is 5.20. The number of amides is 2. The number of fused-ring (bicyclic) bond motifs is 1. The van der Waals surface area contributed by atoms with Crippen LogP contribution in [0, 0.1) is 0 Å². The molecule has 2 amide bonds. The van der Waals surface area contributed by atoms with E-state index in [9.17, 15) is 9.59 Å². The van der Waals surface area contributed by atoms with Gasteiger partial charge in [0.1, 0.15) is 10.8 Å². The molecular weight excluding hydrogens is 388 g/mol. The molecule has 2 aliphatic rings. The van der Waals surface area contributed by atoms with Gasteiger partial charge in [0.15, 0.2) is 0 Å². The maximum absolute atomic E-state index is 13.3. The number of morpholine rings is 1. The predicted molar refractivity (Wildman–Crippen MR) is 113 cm³/mol. The van der Waals surface area contributed by atoms with Gasteiger partial charge in [-0.15, -0.1) is 11.3 Å². The zero-order valence-corrected chi connectivity index (χ0v) is 17.5. The molecule has 1 aromatic heterocycles. The van der Waals surface area contributed by atoms with Gasteiger partial charge in [0.25, 0.3) is 5.91 Å². The molecule has 2 heterocycles. The lowest BCUT2D eigenvalue weighted by atomic mass is 9.95. The lowest BCUT2D eigenvalue weighted by molar-refractivity contribution is -0.115. The van der Waals surface area contributed by atoms with Gasteiger partial charge in [0, 0.05) is 18.0 Å². The van der Waals surface area contributed by atoms with E-state index in [0.29, 0.717) is 36.9 Å². The van der Waals surface area contributed by atoms with Gasteiger partial charge in [0.05, 0.1) is 32.3 Å². The van der Waals surface area contributed by atoms with Crippen LogP contribution in [0.25, 0.3) is 0 Å². The van der Waals surface area contributed by atoms with Gasteiger partial charge >= 0.3 is 0 Å². The van der Waals surface area contributed by atoms with Crippen LogP contribution in [-0.4, -0.2) is 50.1 Å². The van der Waals surface area contributed by atoms with Crippen molar-refractivity contribution in [1.29, 1.82) is 0 Å². The maximum Gasteiger partial charge on any atom is 0.257 e. The van der Waals surface area contributed by atoms with Crippen LogP contribution in [0.4, 0.5) is 5.00 Å². The molecular formula is C22H26N2O4S. The Hall–Kier alpha value is -2.38. The van der Waals surface area contributed by atoms with Crippen LogP contribution < -0.4 is 10.1 Å². The summed E-state index contributed by atoms with van der Waals surface area (Å²) < 4.78 is 10.6. The van der Waals surface area contributed by atoms with Crippen molar-refractivity contribution in [3.63, 3.8) is 0 Å². The Morgan fingerprint density at radius 3 is 2.59 bits per heavy atom. The van der Waals surface area contributed by atoms with Gasteiger partial charge in [-0.25, -0.2) is 0 Å². The number of hydrogen-bond acceptors (Lipinski definition) is 5. The van der Waals surface area contributed by atoms with E-state index in [1.54, 1.807) is 18.4 Å². The Morgan fingerprint density at radius 1 is 1.14 bits per heavy atom. The van der Waals surface area contributed by atoms with Gasteiger partial charge in [-0.1, -0.05) is 12.1 Å². The number of anilines is 1. The van der Waals surface area contributed by atoms with Crippen molar-refractivity contribution in [2.24, 2.45) is 0 Å². The van der Waals surface area contributed by atoms with Crippen LogP contribution in [-0.2, 0) is 28.8 Å². The van der Waals surface area contributed by atoms with E-state index in [2.05, 4.69) is 5.32 Å². The molecule has 0 bridgehead atoms. The summed E-state index contributed by atoms with van der Waals surface area (Å²) in [6.45, 7) is 2.33. The highest BCUT2D eigenvalue weighted by Crippen LogP contribution is 2.39. The first-order chi connectivity index (χ1) is 14.2. The number of carbonyl (C=O) groups excluding carboxylic acids is 2. The Bertz CT molecular complexity index is 885. The zero-order chi connectivity index (χ0) is 20.2. The van der Waals surface area contributed by atoms with E-state index in [1.807, 2.05) is 29.2 Å². The minimum atomic E-state index is -0.107. The number of thiophene rings is 1. The first kappa shape index (κ1) is 19.9. The fraction of sp³-hybridized carbons (Fsp3) is 0.455. The average Bonchev–Trinajstić information content (AvgIpc) is 3.12. The van der Waals surface area contributed by atoms with Gasteiger partial charge < -0.3 is 19.7 Å². The number of benzene rings is 1. The number of hydrogen-bond donors (Lipinski definition) is 1. The first-order valence-electron chi connectivity index (χ1n) is 10.1. The maximum atomic E-state index is 13.3.